The van der Waals surface area contributed by atoms with Crippen molar-refractivity contribution in [2.45, 2.75) is 103 Å². The molecular weight excluding hydrogens is 342 g/mol. The van der Waals surface area contributed by atoms with Gasteiger partial charge in [-0.15, -0.1) is 0 Å². The molecule has 1 aromatic rings. The lowest BCUT2D eigenvalue weighted by Gasteiger charge is -2.17. The third-order valence-corrected chi connectivity index (χ3v) is 5.34. The zero-order chi connectivity index (χ0) is 20.3. The minimum atomic E-state index is 0.265. The van der Waals surface area contributed by atoms with Crippen LogP contribution in [0.4, 0.5) is 0 Å². The monoisotopic (exact) mass is 385 g/mol. The van der Waals surface area contributed by atoms with Gasteiger partial charge in [0.05, 0.1) is 0 Å². The van der Waals surface area contributed by atoms with Crippen LogP contribution in [0.1, 0.15) is 102 Å². The fourth-order valence-corrected chi connectivity index (χ4v) is 3.48. The SMILES string of the molecule is CCCCCCCC/C=C\CCCCCCCC(=O)N(C)Cc1ccccc1. The average molecular weight is 386 g/mol. The number of nitrogens with zero attached hydrogens (tertiary/aromatic N) is 1. The fraction of sp³-hybridized carbons (Fsp3) is 0.654. The van der Waals surface area contributed by atoms with E-state index in [-0.39, 0.29) is 5.91 Å². The van der Waals surface area contributed by atoms with E-state index in [1.165, 1.54) is 82.6 Å². The molecule has 0 spiro atoms. The predicted octanol–water partition coefficient (Wildman–Crippen LogP) is 7.68. The second-order valence-electron chi connectivity index (χ2n) is 8.07. The van der Waals surface area contributed by atoms with Gasteiger partial charge in [-0.2, -0.15) is 0 Å². The van der Waals surface area contributed by atoms with E-state index in [4.69, 9.17) is 0 Å². The highest BCUT2D eigenvalue weighted by atomic mass is 16.2. The van der Waals surface area contributed by atoms with E-state index in [0.29, 0.717) is 13.0 Å². The molecule has 0 unspecified atom stereocenters. The van der Waals surface area contributed by atoms with Crippen molar-refractivity contribution in [3.8, 4) is 0 Å². The van der Waals surface area contributed by atoms with Gasteiger partial charge in [-0.05, 0) is 37.7 Å². The first-order valence-corrected chi connectivity index (χ1v) is 11.7. The first-order chi connectivity index (χ1) is 13.7. The summed E-state index contributed by atoms with van der Waals surface area (Å²) >= 11 is 0. The molecule has 0 atom stereocenters. The molecule has 0 N–H and O–H groups in total. The summed E-state index contributed by atoms with van der Waals surface area (Å²) in [6.07, 6.45) is 22.2. The van der Waals surface area contributed by atoms with E-state index >= 15 is 0 Å². The summed E-state index contributed by atoms with van der Waals surface area (Å²) in [5, 5.41) is 0. The minimum absolute atomic E-state index is 0.265. The summed E-state index contributed by atoms with van der Waals surface area (Å²) in [5.41, 5.74) is 1.20. The van der Waals surface area contributed by atoms with E-state index in [2.05, 4.69) is 31.2 Å². The van der Waals surface area contributed by atoms with E-state index in [1.54, 1.807) is 0 Å². The van der Waals surface area contributed by atoms with Crippen LogP contribution >= 0.6 is 0 Å². The molecule has 0 heterocycles. The maximum atomic E-state index is 12.2. The minimum Gasteiger partial charge on any atom is -0.341 e. The second-order valence-corrected chi connectivity index (χ2v) is 8.07. The largest absolute Gasteiger partial charge is 0.341 e. The number of rotatable bonds is 17. The van der Waals surface area contributed by atoms with Gasteiger partial charge in [0, 0.05) is 20.0 Å². The van der Waals surface area contributed by atoms with Crippen molar-refractivity contribution in [2.24, 2.45) is 0 Å². The third-order valence-electron chi connectivity index (χ3n) is 5.34. The quantitative estimate of drug-likeness (QED) is 0.199. The third kappa shape index (κ3) is 13.6. The molecule has 0 bridgehead atoms. The first-order valence-electron chi connectivity index (χ1n) is 11.7. The number of amides is 1. The average Bonchev–Trinajstić information content (AvgIpc) is 2.71. The van der Waals surface area contributed by atoms with Crippen LogP contribution in [0.2, 0.25) is 0 Å². The summed E-state index contributed by atoms with van der Waals surface area (Å²) in [6, 6.07) is 10.2. The van der Waals surface area contributed by atoms with Crippen molar-refractivity contribution in [2.75, 3.05) is 7.05 Å². The van der Waals surface area contributed by atoms with Crippen molar-refractivity contribution in [3.63, 3.8) is 0 Å². The molecule has 1 rings (SSSR count). The second kappa shape index (κ2) is 17.5. The van der Waals surface area contributed by atoms with E-state index < -0.39 is 0 Å². The number of carbonyl (C=O) groups excluding carboxylic acids is 1. The van der Waals surface area contributed by atoms with Gasteiger partial charge in [-0.3, -0.25) is 4.79 Å². The summed E-state index contributed by atoms with van der Waals surface area (Å²) in [5.74, 6) is 0.265. The Morgan fingerprint density at radius 3 is 1.93 bits per heavy atom. The zero-order valence-electron chi connectivity index (χ0n) is 18.5. The molecule has 158 valence electrons. The maximum absolute atomic E-state index is 12.2. The van der Waals surface area contributed by atoms with Crippen LogP contribution in [0.5, 0.6) is 0 Å². The van der Waals surface area contributed by atoms with Crippen LogP contribution in [0.3, 0.4) is 0 Å². The molecule has 0 aliphatic heterocycles. The zero-order valence-corrected chi connectivity index (χ0v) is 18.5. The molecule has 0 radical (unpaired) electrons. The number of allylic oxidation sites excluding steroid dienone is 2. The Labute approximate surface area is 174 Å². The van der Waals surface area contributed by atoms with Gasteiger partial charge in [-0.1, -0.05) is 101 Å². The molecule has 0 saturated carbocycles. The first kappa shape index (κ1) is 24.5. The van der Waals surface area contributed by atoms with Crippen LogP contribution in [0.25, 0.3) is 0 Å². The standard InChI is InChI=1S/C26H43NO/c1-3-4-5-6-7-8-9-10-11-12-13-14-15-16-20-23-26(28)27(2)24-25-21-18-17-19-22-25/h10-11,17-19,21-22H,3-9,12-16,20,23-24H2,1-2H3/b11-10-. The van der Waals surface area contributed by atoms with Gasteiger partial charge in [-0.25, -0.2) is 0 Å². The maximum Gasteiger partial charge on any atom is 0.222 e. The molecule has 1 amide bonds. The van der Waals surface area contributed by atoms with Crippen LogP contribution in [0.15, 0.2) is 42.5 Å². The Morgan fingerprint density at radius 2 is 1.32 bits per heavy atom. The lowest BCUT2D eigenvalue weighted by atomic mass is 10.1. The highest BCUT2D eigenvalue weighted by Gasteiger charge is 2.08. The van der Waals surface area contributed by atoms with Crippen molar-refractivity contribution >= 4 is 5.91 Å². The Morgan fingerprint density at radius 1 is 0.786 bits per heavy atom. The predicted molar refractivity (Wildman–Crippen MR) is 122 cm³/mol. The van der Waals surface area contributed by atoms with E-state index in [0.717, 1.165) is 6.42 Å². The lowest BCUT2D eigenvalue weighted by molar-refractivity contribution is -0.130. The topological polar surface area (TPSA) is 20.3 Å². The van der Waals surface area contributed by atoms with E-state index in [1.807, 2.05) is 30.1 Å². The van der Waals surface area contributed by atoms with Gasteiger partial charge >= 0.3 is 0 Å². The molecule has 2 heteroatoms. The van der Waals surface area contributed by atoms with Gasteiger partial charge in [0.1, 0.15) is 0 Å². The van der Waals surface area contributed by atoms with Gasteiger partial charge < -0.3 is 4.90 Å². The smallest absolute Gasteiger partial charge is 0.222 e. The Balaban J connectivity index is 1.89. The highest BCUT2D eigenvalue weighted by Crippen LogP contribution is 2.11. The summed E-state index contributed by atoms with van der Waals surface area (Å²) in [7, 11) is 1.91. The lowest BCUT2D eigenvalue weighted by Crippen LogP contribution is -2.25. The van der Waals surface area contributed by atoms with Crippen LogP contribution in [-0.2, 0) is 11.3 Å². The number of carbonyl (C=O) groups is 1. The van der Waals surface area contributed by atoms with Crippen molar-refractivity contribution in [1.29, 1.82) is 0 Å². The summed E-state index contributed by atoms with van der Waals surface area (Å²) in [4.78, 5) is 14.0. The normalized spacial score (nSPS) is 11.2. The van der Waals surface area contributed by atoms with Crippen molar-refractivity contribution in [3.05, 3.63) is 48.0 Å². The van der Waals surface area contributed by atoms with Crippen LogP contribution < -0.4 is 0 Å². The number of hydrogen-bond acceptors (Lipinski definition) is 1. The molecule has 1 aromatic carbocycles. The van der Waals surface area contributed by atoms with Gasteiger partial charge in [0.25, 0.3) is 0 Å². The molecule has 2 nitrogen and oxygen atoms in total. The molecular formula is C26H43NO. The van der Waals surface area contributed by atoms with Gasteiger partial charge in [0.2, 0.25) is 5.91 Å². The molecule has 0 fully saturated rings. The number of hydrogen-bond donors (Lipinski definition) is 0. The molecule has 0 saturated heterocycles. The Bertz CT molecular complexity index is 508. The summed E-state index contributed by atoms with van der Waals surface area (Å²) < 4.78 is 0. The van der Waals surface area contributed by atoms with Crippen LogP contribution in [-0.4, -0.2) is 17.9 Å². The number of unbranched alkanes of at least 4 members (excludes halogenated alkanes) is 11. The molecule has 28 heavy (non-hydrogen) atoms. The molecule has 0 aliphatic carbocycles. The number of benzene rings is 1. The Hall–Kier alpha value is -1.57. The molecule has 0 aliphatic rings. The molecule has 0 aromatic heterocycles. The Kier molecular flexibility index (Phi) is 15.3. The van der Waals surface area contributed by atoms with Crippen molar-refractivity contribution < 1.29 is 4.79 Å². The fourth-order valence-electron chi connectivity index (χ4n) is 3.48. The van der Waals surface area contributed by atoms with Crippen LogP contribution in [0, 0.1) is 0 Å². The van der Waals surface area contributed by atoms with E-state index in [9.17, 15) is 4.79 Å². The summed E-state index contributed by atoms with van der Waals surface area (Å²) in [6.45, 7) is 2.98. The van der Waals surface area contributed by atoms with Crippen molar-refractivity contribution in [1.82, 2.24) is 4.90 Å². The van der Waals surface area contributed by atoms with Gasteiger partial charge in [0.15, 0.2) is 0 Å². The highest BCUT2D eigenvalue weighted by molar-refractivity contribution is 5.75.